The molecule has 0 aromatic heterocycles. The first kappa shape index (κ1) is 23.0. The van der Waals surface area contributed by atoms with E-state index in [0.29, 0.717) is 50.6 Å². The topological polar surface area (TPSA) is 109 Å². The molecular weight excluding hydrogens is 412 g/mol. The minimum atomic E-state index is -0.837. The lowest BCUT2D eigenvalue weighted by atomic mass is 10.1. The fourth-order valence-electron chi connectivity index (χ4n) is 2.96. The van der Waals surface area contributed by atoms with Gasteiger partial charge in [-0.1, -0.05) is 30.3 Å². The van der Waals surface area contributed by atoms with Crippen LogP contribution < -0.4 is 15.5 Å². The zero-order chi connectivity index (χ0) is 22.6. The van der Waals surface area contributed by atoms with E-state index in [1.807, 2.05) is 30.3 Å². The number of hydrazone groups is 1. The van der Waals surface area contributed by atoms with Gasteiger partial charge >= 0.3 is 11.8 Å². The Balaban J connectivity index is 1.35. The minimum Gasteiger partial charge on any atom is -0.484 e. The van der Waals surface area contributed by atoms with Gasteiger partial charge in [0, 0.05) is 19.6 Å². The summed E-state index contributed by atoms with van der Waals surface area (Å²) in [6.07, 6.45) is 2.05. The molecule has 0 saturated carbocycles. The maximum Gasteiger partial charge on any atom is 0.329 e. The van der Waals surface area contributed by atoms with Crippen LogP contribution in [0.15, 0.2) is 59.7 Å². The number of rotatable bonds is 8. The van der Waals surface area contributed by atoms with Crippen molar-refractivity contribution in [2.75, 3.05) is 39.5 Å². The second-order valence-corrected chi connectivity index (χ2v) is 7.04. The van der Waals surface area contributed by atoms with Crippen LogP contribution in [0.1, 0.15) is 11.1 Å². The summed E-state index contributed by atoms with van der Waals surface area (Å²) in [5, 5.41) is 6.35. The maximum absolute atomic E-state index is 12.1. The maximum atomic E-state index is 12.1. The van der Waals surface area contributed by atoms with Crippen molar-refractivity contribution >= 4 is 23.9 Å². The molecule has 2 aromatic rings. The number of amides is 3. The van der Waals surface area contributed by atoms with Crippen molar-refractivity contribution in [2.45, 2.75) is 6.42 Å². The summed E-state index contributed by atoms with van der Waals surface area (Å²) in [7, 11) is 0. The van der Waals surface area contributed by atoms with E-state index >= 15 is 0 Å². The summed E-state index contributed by atoms with van der Waals surface area (Å²) < 4.78 is 10.7. The molecule has 1 saturated heterocycles. The fourth-order valence-corrected chi connectivity index (χ4v) is 2.96. The van der Waals surface area contributed by atoms with Gasteiger partial charge in [-0.05, 0) is 41.8 Å². The summed E-state index contributed by atoms with van der Waals surface area (Å²) in [6.45, 7) is 2.57. The highest BCUT2D eigenvalue weighted by atomic mass is 16.5. The molecule has 0 radical (unpaired) electrons. The van der Waals surface area contributed by atoms with Gasteiger partial charge in [0.25, 0.3) is 5.91 Å². The van der Waals surface area contributed by atoms with Crippen molar-refractivity contribution in [2.24, 2.45) is 5.10 Å². The molecule has 0 spiro atoms. The normalized spacial score (nSPS) is 13.6. The van der Waals surface area contributed by atoms with Crippen LogP contribution in [0.25, 0.3) is 0 Å². The molecule has 0 atom stereocenters. The van der Waals surface area contributed by atoms with Crippen LogP contribution in [0.4, 0.5) is 0 Å². The Morgan fingerprint density at radius 3 is 2.44 bits per heavy atom. The largest absolute Gasteiger partial charge is 0.484 e. The molecule has 168 valence electrons. The number of ether oxygens (including phenoxy) is 2. The number of morpholine rings is 1. The SMILES string of the molecule is O=C(NCCc1ccccc1)C(=O)N/N=C\c1ccc(OCC(=O)N2CCOCC2)cc1. The molecule has 1 aliphatic rings. The van der Waals surface area contributed by atoms with Crippen LogP contribution in [0.5, 0.6) is 5.75 Å². The number of hydrogen-bond acceptors (Lipinski definition) is 6. The lowest BCUT2D eigenvalue weighted by molar-refractivity contribution is -0.139. The first-order valence-corrected chi connectivity index (χ1v) is 10.4. The Bertz CT molecular complexity index is 925. The number of nitrogens with zero attached hydrogens (tertiary/aromatic N) is 2. The van der Waals surface area contributed by atoms with Gasteiger partial charge in [-0.3, -0.25) is 14.4 Å². The van der Waals surface area contributed by atoms with E-state index in [2.05, 4.69) is 15.8 Å². The Morgan fingerprint density at radius 1 is 1.00 bits per heavy atom. The van der Waals surface area contributed by atoms with Crippen LogP contribution in [0, 0.1) is 0 Å². The van der Waals surface area contributed by atoms with Gasteiger partial charge in [0.05, 0.1) is 19.4 Å². The molecule has 2 N–H and O–H groups in total. The zero-order valence-corrected chi connectivity index (χ0v) is 17.7. The molecule has 3 rings (SSSR count). The third kappa shape index (κ3) is 7.51. The molecule has 0 bridgehead atoms. The predicted octanol–water partition coefficient (Wildman–Crippen LogP) is 0.733. The molecule has 1 fully saturated rings. The Morgan fingerprint density at radius 2 is 1.72 bits per heavy atom. The number of benzene rings is 2. The second kappa shape index (κ2) is 12.2. The van der Waals surface area contributed by atoms with Crippen LogP contribution in [0.3, 0.4) is 0 Å². The van der Waals surface area contributed by atoms with Crippen molar-refractivity contribution in [3.8, 4) is 5.75 Å². The van der Waals surface area contributed by atoms with E-state index in [-0.39, 0.29) is 12.5 Å². The van der Waals surface area contributed by atoms with Gasteiger partial charge in [0.2, 0.25) is 0 Å². The smallest absolute Gasteiger partial charge is 0.329 e. The summed E-state index contributed by atoms with van der Waals surface area (Å²) in [5.74, 6) is -1.11. The van der Waals surface area contributed by atoms with Crippen LogP contribution >= 0.6 is 0 Å². The highest BCUT2D eigenvalue weighted by Gasteiger charge is 2.17. The van der Waals surface area contributed by atoms with Crippen LogP contribution in [-0.2, 0) is 25.5 Å². The zero-order valence-electron chi connectivity index (χ0n) is 17.7. The van der Waals surface area contributed by atoms with Crippen molar-refractivity contribution in [3.05, 3.63) is 65.7 Å². The van der Waals surface area contributed by atoms with Crippen molar-refractivity contribution in [3.63, 3.8) is 0 Å². The number of carbonyl (C=O) groups excluding carboxylic acids is 3. The number of hydrogen-bond donors (Lipinski definition) is 2. The lowest BCUT2D eigenvalue weighted by Crippen LogP contribution is -2.42. The first-order valence-electron chi connectivity index (χ1n) is 10.4. The summed E-state index contributed by atoms with van der Waals surface area (Å²) >= 11 is 0. The fraction of sp³-hybridized carbons (Fsp3) is 0.304. The van der Waals surface area contributed by atoms with Crippen LogP contribution in [-0.4, -0.2) is 68.3 Å². The van der Waals surface area contributed by atoms with E-state index in [9.17, 15) is 14.4 Å². The Hall–Kier alpha value is -3.72. The third-order valence-corrected chi connectivity index (χ3v) is 4.73. The molecule has 0 aliphatic carbocycles. The monoisotopic (exact) mass is 438 g/mol. The van der Waals surface area contributed by atoms with Gasteiger partial charge in [-0.25, -0.2) is 5.43 Å². The summed E-state index contributed by atoms with van der Waals surface area (Å²) in [6, 6.07) is 16.5. The molecule has 3 amide bonds. The molecule has 1 aliphatic heterocycles. The Kier molecular flexibility index (Phi) is 8.76. The van der Waals surface area contributed by atoms with Gasteiger partial charge in [-0.15, -0.1) is 0 Å². The molecular formula is C23H26N4O5. The Labute approximate surface area is 186 Å². The second-order valence-electron chi connectivity index (χ2n) is 7.04. The first-order chi connectivity index (χ1) is 15.6. The molecule has 1 heterocycles. The van der Waals surface area contributed by atoms with E-state index in [1.54, 1.807) is 29.2 Å². The number of nitrogens with one attached hydrogen (secondary N) is 2. The predicted molar refractivity (Wildman–Crippen MR) is 118 cm³/mol. The van der Waals surface area contributed by atoms with Gasteiger partial charge in [-0.2, -0.15) is 5.10 Å². The summed E-state index contributed by atoms with van der Waals surface area (Å²) in [4.78, 5) is 37.4. The average molecular weight is 438 g/mol. The third-order valence-electron chi connectivity index (χ3n) is 4.73. The number of carbonyl (C=O) groups is 3. The van der Waals surface area contributed by atoms with Crippen molar-refractivity contribution < 1.29 is 23.9 Å². The molecule has 9 nitrogen and oxygen atoms in total. The standard InChI is InChI=1S/C23H26N4O5/c28-21(27-12-14-31-15-13-27)17-32-20-8-6-19(7-9-20)16-25-26-23(30)22(29)24-11-10-18-4-2-1-3-5-18/h1-9,16H,10-15,17H2,(H,24,29)(H,26,30)/b25-16-. The summed E-state index contributed by atoms with van der Waals surface area (Å²) in [5.41, 5.74) is 3.97. The van der Waals surface area contributed by atoms with Crippen LogP contribution in [0.2, 0.25) is 0 Å². The van der Waals surface area contributed by atoms with E-state index in [4.69, 9.17) is 9.47 Å². The quantitative estimate of drug-likeness (QED) is 0.359. The van der Waals surface area contributed by atoms with Crippen molar-refractivity contribution in [1.29, 1.82) is 0 Å². The highest BCUT2D eigenvalue weighted by molar-refractivity contribution is 6.35. The van der Waals surface area contributed by atoms with Gasteiger partial charge in [0.15, 0.2) is 6.61 Å². The van der Waals surface area contributed by atoms with Gasteiger partial charge < -0.3 is 19.7 Å². The molecule has 32 heavy (non-hydrogen) atoms. The molecule has 0 unspecified atom stereocenters. The van der Waals surface area contributed by atoms with E-state index < -0.39 is 11.8 Å². The van der Waals surface area contributed by atoms with E-state index in [0.717, 1.165) is 5.56 Å². The minimum absolute atomic E-state index is 0.0388. The molecule has 9 heteroatoms. The lowest BCUT2D eigenvalue weighted by Gasteiger charge is -2.26. The van der Waals surface area contributed by atoms with Crippen molar-refractivity contribution in [1.82, 2.24) is 15.6 Å². The van der Waals surface area contributed by atoms with Gasteiger partial charge in [0.1, 0.15) is 5.75 Å². The molecule has 2 aromatic carbocycles. The average Bonchev–Trinajstić information content (AvgIpc) is 2.84. The highest BCUT2D eigenvalue weighted by Crippen LogP contribution is 2.11. The van der Waals surface area contributed by atoms with E-state index in [1.165, 1.54) is 6.21 Å².